The van der Waals surface area contributed by atoms with Crippen molar-refractivity contribution < 1.29 is 50.0 Å². The molecule has 11 nitrogen and oxygen atoms in total. The van der Waals surface area contributed by atoms with E-state index in [4.69, 9.17) is 9.47 Å². The fourth-order valence-corrected chi connectivity index (χ4v) is 6.88. The Labute approximate surface area is 357 Å². The van der Waals surface area contributed by atoms with E-state index < -0.39 is 74.2 Å². The van der Waals surface area contributed by atoms with Crippen LogP contribution in [0.5, 0.6) is 0 Å². The van der Waals surface area contributed by atoms with Gasteiger partial charge in [0, 0.05) is 0 Å². The summed E-state index contributed by atoms with van der Waals surface area (Å²) in [6.07, 6.45) is 34.0. The van der Waals surface area contributed by atoms with Crippen molar-refractivity contribution in [3.8, 4) is 0 Å². The van der Waals surface area contributed by atoms with Crippen LogP contribution in [0.1, 0.15) is 168 Å². The third-order valence-corrected chi connectivity index (χ3v) is 10.8. The molecule has 59 heavy (non-hydrogen) atoms. The molecule has 8 N–H and O–H groups in total. The molecule has 0 aromatic heterocycles. The number of carbonyl (C=O) groups is 1. The number of carbonyl (C=O) groups excluding carboxylic acids is 1. The van der Waals surface area contributed by atoms with Gasteiger partial charge in [-0.25, -0.2) is 0 Å². The van der Waals surface area contributed by atoms with Crippen LogP contribution in [0.2, 0.25) is 0 Å². The maximum Gasteiger partial charge on any atom is 0.249 e. The van der Waals surface area contributed by atoms with E-state index >= 15 is 0 Å². The maximum atomic E-state index is 13.1. The van der Waals surface area contributed by atoms with Gasteiger partial charge in [-0.1, -0.05) is 145 Å². The number of amides is 1. The molecular weight excluding hydrogens is 751 g/mol. The van der Waals surface area contributed by atoms with E-state index in [0.717, 1.165) is 64.2 Å². The SMILES string of the molecule is CCC/C=C/CC/C=C/CC/C=C/CCCC(O)C(O)C(COC1OC(CO)C(O)C(O)C1O)NC(=O)C(O)CCCCCCCCCCC/C=C\C=C/CCCCC. The highest BCUT2D eigenvalue weighted by Crippen LogP contribution is 2.23. The molecule has 0 aliphatic carbocycles. The molecule has 9 atom stereocenters. The first-order valence-corrected chi connectivity index (χ1v) is 23.2. The van der Waals surface area contributed by atoms with Crippen molar-refractivity contribution in [2.75, 3.05) is 13.2 Å². The van der Waals surface area contributed by atoms with Gasteiger partial charge in [0.05, 0.1) is 25.4 Å². The molecule has 1 aliphatic heterocycles. The van der Waals surface area contributed by atoms with Crippen molar-refractivity contribution in [1.82, 2.24) is 5.32 Å². The molecule has 0 bridgehead atoms. The first-order valence-electron chi connectivity index (χ1n) is 23.2. The Bertz CT molecular complexity index is 1140. The monoisotopic (exact) mass is 836 g/mol. The molecule has 1 aliphatic rings. The summed E-state index contributed by atoms with van der Waals surface area (Å²) < 4.78 is 11.1. The lowest BCUT2D eigenvalue weighted by molar-refractivity contribution is -0.303. The van der Waals surface area contributed by atoms with E-state index in [1.54, 1.807) is 0 Å². The lowest BCUT2D eigenvalue weighted by Gasteiger charge is -2.40. The van der Waals surface area contributed by atoms with E-state index in [2.05, 4.69) is 79.9 Å². The van der Waals surface area contributed by atoms with Crippen LogP contribution in [-0.4, -0.2) is 110 Å². The van der Waals surface area contributed by atoms with Crippen LogP contribution in [0, 0.1) is 0 Å². The molecule has 11 heteroatoms. The lowest BCUT2D eigenvalue weighted by Crippen LogP contribution is -2.60. The molecule has 0 aromatic carbocycles. The average molecular weight is 836 g/mol. The first kappa shape index (κ1) is 54.8. The minimum absolute atomic E-state index is 0.237. The number of hydrogen-bond donors (Lipinski definition) is 8. The van der Waals surface area contributed by atoms with Crippen molar-refractivity contribution >= 4 is 5.91 Å². The summed E-state index contributed by atoms with van der Waals surface area (Å²) >= 11 is 0. The van der Waals surface area contributed by atoms with E-state index in [1.807, 2.05) is 0 Å². The van der Waals surface area contributed by atoms with Crippen molar-refractivity contribution in [1.29, 1.82) is 0 Å². The van der Waals surface area contributed by atoms with Gasteiger partial charge in [0.25, 0.3) is 0 Å². The number of aliphatic hydroxyl groups excluding tert-OH is 7. The predicted molar refractivity (Wildman–Crippen MR) is 238 cm³/mol. The van der Waals surface area contributed by atoms with Crippen molar-refractivity contribution in [2.24, 2.45) is 0 Å². The molecule has 0 spiro atoms. The quantitative estimate of drug-likeness (QED) is 0.0176. The highest BCUT2D eigenvalue weighted by molar-refractivity contribution is 5.80. The largest absolute Gasteiger partial charge is 0.394 e. The standard InChI is InChI=1S/C48H85NO10/c1-3-5-7-9-11-13-15-17-19-20-21-22-24-26-28-30-32-34-36-41(52)47(57)49-39(38-58-48-46(56)45(55)44(54)42(37-50)59-48)43(53)40(51)35-33-31-29-27-25-23-18-16-14-12-10-8-6-4-2/h8,10-11,13,15-18,27,29,39-46,48,50-56H,3-7,9,12,14,19-26,28,30-38H2,1-2H3,(H,49,57)/b10-8+,13-11-,17-15-,18-16+,29-27+. The number of unbranched alkanes of at least 4 members (excludes halogenated alkanes) is 16. The van der Waals surface area contributed by atoms with Crippen LogP contribution < -0.4 is 5.32 Å². The van der Waals surface area contributed by atoms with Gasteiger partial charge in [0.15, 0.2) is 6.29 Å². The Kier molecular flexibility index (Phi) is 34.9. The van der Waals surface area contributed by atoms with Crippen LogP contribution in [0.25, 0.3) is 0 Å². The minimum atomic E-state index is -1.67. The van der Waals surface area contributed by atoms with Gasteiger partial charge < -0.3 is 50.5 Å². The zero-order valence-electron chi connectivity index (χ0n) is 36.7. The van der Waals surface area contributed by atoms with Gasteiger partial charge in [0.1, 0.15) is 36.6 Å². The molecule has 9 unspecified atom stereocenters. The van der Waals surface area contributed by atoms with Gasteiger partial charge in [-0.2, -0.15) is 0 Å². The Morgan fingerprint density at radius 1 is 0.593 bits per heavy atom. The molecule has 1 saturated heterocycles. The van der Waals surface area contributed by atoms with Crippen molar-refractivity contribution in [3.63, 3.8) is 0 Å². The Hall–Kier alpha value is -2.19. The van der Waals surface area contributed by atoms with Gasteiger partial charge in [-0.15, -0.1) is 0 Å². The second-order valence-corrected chi connectivity index (χ2v) is 16.1. The normalized spacial score (nSPS) is 22.4. The molecule has 1 heterocycles. The fourth-order valence-electron chi connectivity index (χ4n) is 6.88. The molecule has 0 saturated carbocycles. The number of ether oxygens (including phenoxy) is 2. The van der Waals surface area contributed by atoms with Crippen LogP contribution in [0.15, 0.2) is 60.8 Å². The smallest absolute Gasteiger partial charge is 0.249 e. The van der Waals surface area contributed by atoms with Crippen LogP contribution in [0.4, 0.5) is 0 Å². The van der Waals surface area contributed by atoms with E-state index in [1.165, 1.54) is 57.8 Å². The van der Waals surface area contributed by atoms with Crippen molar-refractivity contribution in [2.45, 2.75) is 223 Å². The van der Waals surface area contributed by atoms with E-state index in [-0.39, 0.29) is 12.8 Å². The van der Waals surface area contributed by atoms with Crippen LogP contribution >= 0.6 is 0 Å². The van der Waals surface area contributed by atoms with Crippen LogP contribution in [0.3, 0.4) is 0 Å². The Balaban J connectivity index is 2.49. The summed E-state index contributed by atoms with van der Waals surface area (Å²) in [7, 11) is 0. The number of hydrogen-bond acceptors (Lipinski definition) is 10. The van der Waals surface area contributed by atoms with Gasteiger partial charge in [0.2, 0.25) is 5.91 Å². The summed E-state index contributed by atoms with van der Waals surface area (Å²) in [5.74, 6) is -0.721. The zero-order chi connectivity index (χ0) is 43.4. The van der Waals surface area contributed by atoms with Gasteiger partial charge in [-0.3, -0.25) is 4.79 Å². The molecule has 1 rings (SSSR count). The minimum Gasteiger partial charge on any atom is -0.394 e. The number of nitrogens with one attached hydrogen (secondary N) is 1. The van der Waals surface area contributed by atoms with Gasteiger partial charge in [-0.05, 0) is 83.5 Å². The Morgan fingerprint density at radius 3 is 1.66 bits per heavy atom. The highest BCUT2D eigenvalue weighted by atomic mass is 16.7. The summed E-state index contributed by atoms with van der Waals surface area (Å²) in [5.41, 5.74) is 0. The van der Waals surface area contributed by atoms with Crippen molar-refractivity contribution in [3.05, 3.63) is 60.8 Å². The maximum absolute atomic E-state index is 13.1. The van der Waals surface area contributed by atoms with Gasteiger partial charge >= 0.3 is 0 Å². The first-order chi connectivity index (χ1) is 28.7. The fraction of sp³-hybridized carbons (Fsp3) is 0.771. The second-order valence-electron chi connectivity index (χ2n) is 16.1. The summed E-state index contributed by atoms with van der Waals surface area (Å²) in [6.45, 7) is 3.30. The third kappa shape index (κ3) is 27.4. The molecule has 0 radical (unpaired) electrons. The predicted octanol–water partition coefficient (Wildman–Crippen LogP) is 7.55. The zero-order valence-corrected chi connectivity index (χ0v) is 36.7. The molecule has 0 aromatic rings. The van der Waals surface area contributed by atoms with E-state index in [0.29, 0.717) is 19.3 Å². The molecule has 1 amide bonds. The van der Waals surface area contributed by atoms with E-state index in [9.17, 15) is 40.5 Å². The summed E-state index contributed by atoms with van der Waals surface area (Å²) in [5, 5.41) is 75.6. The summed E-state index contributed by atoms with van der Waals surface area (Å²) in [6, 6.07) is -1.20. The average Bonchev–Trinajstić information content (AvgIpc) is 3.23. The second kappa shape index (κ2) is 37.6. The molecular formula is C48H85NO10. The number of aliphatic hydroxyl groups is 7. The third-order valence-electron chi connectivity index (χ3n) is 10.8. The molecule has 342 valence electrons. The van der Waals surface area contributed by atoms with Crippen LogP contribution in [-0.2, 0) is 14.3 Å². The number of rotatable bonds is 37. The summed E-state index contributed by atoms with van der Waals surface area (Å²) in [4.78, 5) is 13.1. The highest BCUT2D eigenvalue weighted by Gasteiger charge is 2.44. The lowest BCUT2D eigenvalue weighted by atomic mass is 9.98. The topological polar surface area (TPSA) is 189 Å². The Morgan fingerprint density at radius 2 is 1.10 bits per heavy atom. The number of allylic oxidation sites excluding steroid dienone is 10. The molecule has 1 fully saturated rings.